The number of aryl methyl sites for hydroxylation is 2. The second-order valence-corrected chi connectivity index (χ2v) is 5.88. The highest BCUT2D eigenvalue weighted by Gasteiger charge is 2.21. The van der Waals surface area contributed by atoms with Crippen molar-refractivity contribution in [3.63, 3.8) is 0 Å². The molecule has 0 bridgehead atoms. The average Bonchev–Trinajstić information content (AvgIpc) is 3.02. The normalized spacial score (nSPS) is 12.0. The van der Waals surface area contributed by atoms with Crippen LogP contribution in [-0.2, 0) is 27.8 Å². The zero-order chi connectivity index (χ0) is 16.3. The fraction of sp³-hybridized carbons (Fsp3) is 0.400. The molecule has 1 amide bonds. The van der Waals surface area contributed by atoms with Gasteiger partial charge >= 0.3 is 5.97 Å². The SMILES string of the molecule is Cc1nn(C)c(C)c1NC(=O)[C@H](C)OC(=O)Cc1ccsc1. The number of thiophene rings is 1. The van der Waals surface area contributed by atoms with Crippen LogP contribution in [0.5, 0.6) is 0 Å². The van der Waals surface area contributed by atoms with E-state index in [0.717, 1.165) is 17.0 Å². The molecule has 0 aliphatic carbocycles. The third-order valence-electron chi connectivity index (χ3n) is 3.36. The number of hydrogen-bond acceptors (Lipinski definition) is 5. The molecule has 0 aliphatic heterocycles. The molecule has 2 rings (SSSR count). The highest BCUT2D eigenvalue weighted by atomic mass is 32.1. The van der Waals surface area contributed by atoms with Crippen molar-refractivity contribution in [1.29, 1.82) is 0 Å². The van der Waals surface area contributed by atoms with Gasteiger partial charge in [0.05, 0.1) is 23.5 Å². The van der Waals surface area contributed by atoms with Gasteiger partial charge in [-0.1, -0.05) is 0 Å². The first-order valence-electron chi connectivity index (χ1n) is 6.90. The Bertz CT molecular complexity index is 677. The summed E-state index contributed by atoms with van der Waals surface area (Å²) in [6.07, 6.45) is -0.684. The Morgan fingerprint density at radius 1 is 1.45 bits per heavy atom. The van der Waals surface area contributed by atoms with Crippen LogP contribution in [0.15, 0.2) is 16.8 Å². The predicted molar refractivity (Wildman–Crippen MR) is 84.9 cm³/mol. The lowest BCUT2D eigenvalue weighted by Gasteiger charge is -2.13. The summed E-state index contributed by atoms with van der Waals surface area (Å²) >= 11 is 1.52. The summed E-state index contributed by atoms with van der Waals surface area (Å²) in [5.74, 6) is -0.779. The molecule has 22 heavy (non-hydrogen) atoms. The Balaban J connectivity index is 1.93. The van der Waals surface area contributed by atoms with Crippen molar-refractivity contribution in [2.45, 2.75) is 33.3 Å². The molecular weight excluding hydrogens is 302 g/mol. The lowest BCUT2D eigenvalue weighted by atomic mass is 10.2. The van der Waals surface area contributed by atoms with Gasteiger partial charge in [-0.25, -0.2) is 0 Å². The zero-order valence-corrected chi connectivity index (χ0v) is 13.9. The number of esters is 1. The molecule has 2 aromatic heterocycles. The summed E-state index contributed by atoms with van der Waals surface area (Å²) in [6.45, 7) is 5.24. The molecule has 0 radical (unpaired) electrons. The molecular formula is C15H19N3O3S. The number of hydrogen-bond donors (Lipinski definition) is 1. The number of carbonyl (C=O) groups is 2. The van der Waals surface area contributed by atoms with Crippen LogP contribution in [0.25, 0.3) is 0 Å². The number of anilines is 1. The minimum atomic E-state index is -0.856. The molecule has 0 unspecified atom stereocenters. The van der Waals surface area contributed by atoms with Gasteiger partial charge in [-0.15, -0.1) is 0 Å². The summed E-state index contributed by atoms with van der Waals surface area (Å²) in [7, 11) is 1.81. The maximum absolute atomic E-state index is 12.1. The van der Waals surface area contributed by atoms with E-state index in [0.29, 0.717) is 5.69 Å². The average molecular weight is 321 g/mol. The Hall–Kier alpha value is -2.15. The third kappa shape index (κ3) is 3.73. The number of nitrogens with one attached hydrogen (secondary N) is 1. The van der Waals surface area contributed by atoms with Gasteiger partial charge in [0.25, 0.3) is 5.91 Å². The second-order valence-electron chi connectivity index (χ2n) is 5.10. The summed E-state index contributed by atoms with van der Waals surface area (Å²) < 4.78 is 6.86. The van der Waals surface area contributed by atoms with Crippen molar-refractivity contribution < 1.29 is 14.3 Å². The molecule has 118 valence electrons. The van der Waals surface area contributed by atoms with E-state index in [1.165, 1.54) is 11.3 Å². The minimum absolute atomic E-state index is 0.173. The molecule has 1 atom stereocenters. The summed E-state index contributed by atoms with van der Waals surface area (Å²) in [4.78, 5) is 23.9. The molecule has 0 fully saturated rings. The monoisotopic (exact) mass is 321 g/mol. The molecule has 6 nitrogen and oxygen atoms in total. The fourth-order valence-electron chi connectivity index (χ4n) is 2.03. The Morgan fingerprint density at radius 3 is 2.73 bits per heavy atom. The molecule has 0 aromatic carbocycles. The van der Waals surface area contributed by atoms with Crippen molar-refractivity contribution in [3.05, 3.63) is 33.8 Å². The molecule has 2 aromatic rings. The van der Waals surface area contributed by atoms with Gasteiger partial charge in [0.1, 0.15) is 0 Å². The Labute approximate surface area is 133 Å². The van der Waals surface area contributed by atoms with Gasteiger partial charge in [0, 0.05) is 7.05 Å². The zero-order valence-electron chi connectivity index (χ0n) is 13.0. The van der Waals surface area contributed by atoms with Crippen LogP contribution in [-0.4, -0.2) is 27.8 Å². The standard InChI is InChI=1S/C15H19N3O3S/c1-9-14(10(2)18(4)17-9)16-15(20)11(3)21-13(19)7-12-5-6-22-8-12/h5-6,8,11H,7H2,1-4H3,(H,16,20)/t11-/m0/s1. The quantitative estimate of drug-likeness (QED) is 0.857. The number of aromatic nitrogens is 2. The van der Waals surface area contributed by atoms with Gasteiger partial charge in [-0.2, -0.15) is 16.4 Å². The van der Waals surface area contributed by atoms with Crippen LogP contribution in [0.3, 0.4) is 0 Å². The van der Waals surface area contributed by atoms with E-state index in [-0.39, 0.29) is 12.3 Å². The Kier molecular flexibility index (Phi) is 4.97. The van der Waals surface area contributed by atoms with Crippen molar-refractivity contribution in [3.8, 4) is 0 Å². The number of ether oxygens (including phenoxy) is 1. The highest BCUT2D eigenvalue weighted by Crippen LogP contribution is 2.18. The van der Waals surface area contributed by atoms with E-state index in [2.05, 4.69) is 10.4 Å². The summed E-state index contributed by atoms with van der Waals surface area (Å²) in [5, 5.41) is 10.8. The van der Waals surface area contributed by atoms with Gasteiger partial charge in [-0.05, 0) is 43.2 Å². The first-order valence-corrected chi connectivity index (χ1v) is 7.84. The molecule has 0 saturated carbocycles. The maximum Gasteiger partial charge on any atom is 0.311 e. The summed E-state index contributed by atoms with van der Waals surface area (Å²) in [6, 6.07) is 1.86. The van der Waals surface area contributed by atoms with Crippen molar-refractivity contribution in [2.75, 3.05) is 5.32 Å². The number of rotatable bonds is 5. The van der Waals surface area contributed by atoms with E-state index in [1.807, 2.05) is 37.7 Å². The van der Waals surface area contributed by atoms with Crippen LogP contribution in [0.2, 0.25) is 0 Å². The fourth-order valence-corrected chi connectivity index (χ4v) is 2.70. The van der Waals surface area contributed by atoms with Crippen molar-refractivity contribution in [2.24, 2.45) is 7.05 Å². The number of carbonyl (C=O) groups excluding carboxylic acids is 2. The van der Waals surface area contributed by atoms with E-state index in [1.54, 1.807) is 11.6 Å². The smallest absolute Gasteiger partial charge is 0.311 e. The van der Waals surface area contributed by atoms with Gasteiger partial charge < -0.3 is 10.1 Å². The lowest BCUT2D eigenvalue weighted by Crippen LogP contribution is -2.30. The maximum atomic E-state index is 12.1. The molecule has 2 heterocycles. The van der Waals surface area contributed by atoms with E-state index in [9.17, 15) is 9.59 Å². The molecule has 0 spiro atoms. The molecule has 0 aliphatic rings. The Morgan fingerprint density at radius 2 is 2.18 bits per heavy atom. The largest absolute Gasteiger partial charge is 0.452 e. The van der Waals surface area contributed by atoms with E-state index >= 15 is 0 Å². The van der Waals surface area contributed by atoms with Gasteiger partial charge in [0.15, 0.2) is 6.10 Å². The van der Waals surface area contributed by atoms with E-state index < -0.39 is 12.1 Å². The van der Waals surface area contributed by atoms with Crippen LogP contribution in [0, 0.1) is 13.8 Å². The third-order valence-corrected chi connectivity index (χ3v) is 4.10. The van der Waals surface area contributed by atoms with Crippen LogP contribution in [0.1, 0.15) is 23.9 Å². The number of amides is 1. The van der Waals surface area contributed by atoms with Crippen LogP contribution < -0.4 is 5.32 Å². The predicted octanol–water partition coefficient (Wildman–Crippen LogP) is 2.21. The summed E-state index contributed by atoms with van der Waals surface area (Å²) in [5.41, 5.74) is 3.13. The van der Waals surface area contributed by atoms with Crippen LogP contribution in [0.4, 0.5) is 5.69 Å². The first-order chi connectivity index (χ1) is 10.4. The molecule has 1 N–H and O–H groups in total. The highest BCUT2D eigenvalue weighted by molar-refractivity contribution is 7.07. The van der Waals surface area contributed by atoms with Gasteiger partial charge in [0.2, 0.25) is 0 Å². The molecule has 7 heteroatoms. The topological polar surface area (TPSA) is 73.2 Å². The van der Waals surface area contributed by atoms with Crippen molar-refractivity contribution >= 4 is 28.9 Å². The lowest BCUT2D eigenvalue weighted by molar-refractivity contribution is -0.152. The van der Waals surface area contributed by atoms with E-state index in [4.69, 9.17) is 4.74 Å². The number of nitrogens with zero attached hydrogens (tertiary/aromatic N) is 2. The second kappa shape index (κ2) is 6.74. The minimum Gasteiger partial charge on any atom is -0.452 e. The molecule has 0 saturated heterocycles. The van der Waals surface area contributed by atoms with Crippen LogP contribution >= 0.6 is 11.3 Å². The first kappa shape index (κ1) is 16.2. The van der Waals surface area contributed by atoms with Crippen molar-refractivity contribution in [1.82, 2.24) is 9.78 Å². The van der Waals surface area contributed by atoms with Gasteiger partial charge in [-0.3, -0.25) is 14.3 Å².